The lowest BCUT2D eigenvalue weighted by Gasteiger charge is -2.28. The number of carbonyl (C=O) groups is 1. The summed E-state index contributed by atoms with van der Waals surface area (Å²) in [5, 5.41) is 6.50. The largest absolute Gasteiger partial charge is 0.493 e. The lowest BCUT2D eigenvalue weighted by atomic mass is 9.85. The second-order valence-electron chi connectivity index (χ2n) is 7.16. The van der Waals surface area contributed by atoms with E-state index >= 15 is 0 Å². The number of carbonyl (C=O) groups excluding carboxylic acids is 1. The van der Waals surface area contributed by atoms with Crippen molar-refractivity contribution >= 4 is 5.91 Å². The summed E-state index contributed by atoms with van der Waals surface area (Å²) in [6, 6.07) is 6.03. The Kier molecular flexibility index (Phi) is 8.75. The van der Waals surface area contributed by atoms with E-state index < -0.39 is 0 Å². The van der Waals surface area contributed by atoms with Gasteiger partial charge in [0.05, 0.1) is 13.7 Å². The summed E-state index contributed by atoms with van der Waals surface area (Å²) >= 11 is 0. The van der Waals surface area contributed by atoms with Crippen LogP contribution >= 0.6 is 0 Å². The lowest BCUT2D eigenvalue weighted by molar-refractivity contribution is -0.122. The van der Waals surface area contributed by atoms with Crippen molar-refractivity contribution in [2.75, 3.05) is 33.4 Å². The van der Waals surface area contributed by atoms with E-state index in [-0.39, 0.29) is 5.91 Å². The predicted molar refractivity (Wildman–Crippen MR) is 105 cm³/mol. The van der Waals surface area contributed by atoms with Crippen LogP contribution in [0.1, 0.15) is 45.1 Å². The monoisotopic (exact) mass is 362 g/mol. The van der Waals surface area contributed by atoms with Crippen LogP contribution in [0.3, 0.4) is 0 Å². The summed E-state index contributed by atoms with van der Waals surface area (Å²) in [5.41, 5.74) is 1.20. The first-order valence-corrected chi connectivity index (χ1v) is 9.91. The molecular weight excluding hydrogens is 328 g/mol. The zero-order valence-corrected chi connectivity index (χ0v) is 16.5. The van der Waals surface area contributed by atoms with Crippen LogP contribution in [0.5, 0.6) is 11.5 Å². The summed E-state index contributed by atoms with van der Waals surface area (Å²) in [7, 11) is 1.65. The Hall–Kier alpha value is -1.75. The van der Waals surface area contributed by atoms with Gasteiger partial charge in [0.15, 0.2) is 11.5 Å². The zero-order chi connectivity index (χ0) is 18.8. The highest BCUT2D eigenvalue weighted by Gasteiger charge is 2.21. The molecule has 0 aliphatic carbocycles. The van der Waals surface area contributed by atoms with Crippen LogP contribution in [0.25, 0.3) is 0 Å². The van der Waals surface area contributed by atoms with Crippen molar-refractivity contribution in [1.29, 1.82) is 0 Å². The van der Waals surface area contributed by atoms with Crippen molar-refractivity contribution in [2.24, 2.45) is 11.8 Å². The molecule has 1 aromatic carbocycles. The summed E-state index contributed by atoms with van der Waals surface area (Å²) in [6.45, 7) is 7.66. The Bertz CT molecular complexity index is 556. The van der Waals surface area contributed by atoms with Gasteiger partial charge in [0.2, 0.25) is 5.91 Å². The molecule has 1 aliphatic rings. The van der Waals surface area contributed by atoms with Crippen molar-refractivity contribution < 1.29 is 14.3 Å². The first kappa shape index (κ1) is 20.6. The molecular formula is C21H34N2O3. The van der Waals surface area contributed by atoms with Crippen LogP contribution in [-0.2, 0) is 11.2 Å². The highest BCUT2D eigenvalue weighted by molar-refractivity contribution is 5.76. The fourth-order valence-electron chi connectivity index (χ4n) is 3.56. The minimum Gasteiger partial charge on any atom is -0.493 e. The standard InChI is InChI=1S/C21H34N2O3/c1-4-26-20-14-17(9-10-19(20)25-3)7-5-12-23-21(24)13-16(2)18-8-6-11-22-15-18/h9-10,14,16,18,22H,4-8,11-13,15H2,1-3H3,(H,23,24). The molecule has 1 aromatic rings. The van der Waals surface area contributed by atoms with Gasteiger partial charge in [-0.25, -0.2) is 0 Å². The Morgan fingerprint density at radius 3 is 2.92 bits per heavy atom. The van der Waals surface area contributed by atoms with Crippen LogP contribution < -0.4 is 20.1 Å². The number of amides is 1. The molecule has 146 valence electrons. The summed E-state index contributed by atoms with van der Waals surface area (Å²) in [6.07, 6.45) is 4.92. The van der Waals surface area contributed by atoms with Gasteiger partial charge in [-0.05, 0) is 75.2 Å². The molecule has 1 aliphatic heterocycles. The van der Waals surface area contributed by atoms with Crippen LogP contribution in [0.15, 0.2) is 18.2 Å². The summed E-state index contributed by atoms with van der Waals surface area (Å²) < 4.78 is 10.9. The van der Waals surface area contributed by atoms with Gasteiger partial charge in [0.1, 0.15) is 0 Å². The zero-order valence-electron chi connectivity index (χ0n) is 16.5. The molecule has 26 heavy (non-hydrogen) atoms. The number of hydrogen-bond donors (Lipinski definition) is 2. The predicted octanol–water partition coefficient (Wildman–Crippen LogP) is 3.17. The van der Waals surface area contributed by atoms with Gasteiger partial charge >= 0.3 is 0 Å². The number of nitrogens with one attached hydrogen (secondary N) is 2. The minimum absolute atomic E-state index is 0.174. The molecule has 2 rings (SSSR count). The molecule has 0 radical (unpaired) electrons. The van der Waals surface area contributed by atoms with Crippen LogP contribution in [0, 0.1) is 11.8 Å². The topological polar surface area (TPSA) is 59.6 Å². The molecule has 5 heteroatoms. The molecule has 1 heterocycles. The third-order valence-electron chi connectivity index (χ3n) is 5.14. The van der Waals surface area contributed by atoms with E-state index in [0.29, 0.717) is 31.4 Å². The smallest absolute Gasteiger partial charge is 0.220 e. The van der Waals surface area contributed by atoms with E-state index in [1.807, 2.05) is 19.1 Å². The molecule has 0 spiro atoms. The first-order chi connectivity index (χ1) is 12.6. The van der Waals surface area contributed by atoms with Crippen LogP contribution in [0.4, 0.5) is 0 Å². The fourth-order valence-corrected chi connectivity index (χ4v) is 3.56. The normalized spacial score (nSPS) is 18.2. The van der Waals surface area contributed by atoms with Crippen molar-refractivity contribution in [3.63, 3.8) is 0 Å². The van der Waals surface area contributed by atoms with Crippen molar-refractivity contribution in [3.8, 4) is 11.5 Å². The molecule has 2 atom stereocenters. The number of ether oxygens (including phenoxy) is 2. The average Bonchev–Trinajstić information content (AvgIpc) is 2.66. The Morgan fingerprint density at radius 2 is 2.23 bits per heavy atom. The summed E-state index contributed by atoms with van der Waals surface area (Å²) in [5.74, 6) is 2.79. The maximum atomic E-state index is 12.2. The van der Waals surface area contributed by atoms with Gasteiger partial charge in [0.25, 0.3) is 0 Å². The van der Waals surface area contributed by atoms with E-state index in [2.05, 4.69) is 23.6 Å². The lowest BCUT2D eigenvalue weighted by Crippen LogP contribution is -2.35. The number of piperidine rings is 1. The molecule has 1 saturated heterocycles. The number of benzene rings is 1. The van der Waals surface area contributed by atoms with Gasteiger partial charge in [0, 0.05) is 13.0 Å². The second kappa shape index (κ2) is 11.1. The fraction of sp³-hybridized carbons (Fsp3) is 0.667. The quantitative estimate of drug-likeness (QED) is 0.628. The van der Waals surface area contributed by atoms with Gasteiger partial charge in [-0.15, -0.1) is 0 Å². The highest BCUT2D eigenvalue weighted by atomic mass is 16.5. The van der Waals surface area contributed by atoms with Gasteiger partial charge in [-0.1, -0.05) is 13.0 Å². The average molecular weight is 363 g/mol. The van der Waals surface area contributed by atoms with Crippen molar-refractivity contribution in [1.82, 2.24) is 10.6 Å². The molecule has 0 aromatic heterocycles. The van der Waals surface area contributed by atoms with E-state index in [1.54, 1.807) is 7.11 Å². The third-order valence-corrected chi connectivity index (χ3v) is 5.14. The first-order valence-electron chi connectivity index (χ1n) is 9.91. The number of methoxy groups -OCH3 is 1. The van der Waals surface area contributed by atoms with Gasteiger partial charge < -0.3 is 20.1 Å². The molecule has 5 nitrogen and oxygen atoms in total. The number of aryl methyl sites for hydroxylation is 1. The SMILES string of the molecule is CCOc1cc(CCCNC(=O)CC(C)C2CCCNC2)ccc1OC. The number of rotatable bonds is 10. The van der Waals surface area contributed by atoms with E-state index in [1.165, 1.54) is 18.4 Å². The molecule has 2 N–H and O–H groups in total. The van der Waals surface area contributed by atoms with Gasteiger partial charge in [-0.3, -0.25) is 4.79 Å². The molecule has 0 saturated carbocycles. The Morgan fingerprint density at radius 1 is 1.38 bits per heavy atom. The van der Waals surface area contributed by atoms with E-state index in [4.69, 9.17) is 9.47 Å². The van der Waals surface area contributed by atoms with Crippen LogP contribution in [-0.4, -0.2) is 39.3 Å². The molecule has 0 bridgehead atoms. The van der Waals surface area contributed by atoms with E-state index in [9.17, 15) is 4.79 Å². The van der Waals surface area contributed by atoms with Crippen LogP contribution in [0.2, 0.25) is 0 Å². The highest BCUT2D eigenvalue weighted by Crippen LogP contribution is 2.28. The Balaban J connectivity index is 1.69. The second-order valence-corrected chi connectivity index (χ2v) is 7.16. The number of hydrogen-bond acceptors (Lipinski definition) is 4. The third kappa shape index (κ3) is 6.52. The molecule has 2 unspecified atom stereocenters. The summed E-state index contributed by atoms with van der Waals surface area (Å²) in [4.78, 5) is 12.2. The van der Waals surface area contributed by atoms with Gasteiger partial charge in [-0.2, -0.15) is 0 Å². The molecule has 1 amide bonds. The van der Waals surface area contributed by atoms with E-state index in [0.717, 1.165) is 37.4 Å². The maximum absolute atomic E-state index is 12.2. The maximum Gasteiger partial charge on any atom is 0.220 e. The molecule has 1 fully saturated rings. The Labute approximate surface area is 157 Å². The van der Waals surface area contributed by atoms with Crippen molar-refractivity contribution in [2.45, 2.75) is 46.0 Å². The minimum atomic E-state index is 0.174. The van der Waals surface area contributed by atoms with Crippen molar-refractivity contribution in [3.05, 3.63) is 23.8 Å².